The van der Waals surface area contributed by atoms with Gasteiger partial charge in [0, 0.05) is 36.8 Å². The summed E-state index contributed by atoms with van der Waals surface area (Å²) in [5.74, 6) is -0.0804. The van der Waals surface area contributed by atoms with Gasteiger partial charge in [-0.1, -0.05) is 19.9 Å². The van der Waals surface area contributed by atoms with Gasteiger partial charge in [-0.25, -0.2) is 19.3 Å². The Labute approximate surface area is 209 Å². The van der Waals surface area contributed by atoms with Crippen molar-refractivity contribution in [2.24, 2.45) is 7.05 Å². The molecule has 7 nitrogen and oxygen atoms in total. The molecule has 190 valence electrons. The maximum atomic E-state index is 15.0. The van der Waals surface area contributed by atoms with E-state index >= 15 is 4.39 Å². The number of carbonyl (C=O) groups excluding carboxylic acids is 1. The van der Waals surface area contributed by atoms with E-state index in [1.165, 1.54) is 24.1 Å². The number of fused-ring (bicyclic) bond motifs is 1. The molecule has 1 aromatic carbocycles. The monoisotopic (exact) mass is 510 g/mol. The molecular formula is C26H22F4N6O. The predicted octanol–water partition coefficient (Wildman–Crippen LogP) is 5.31. The first-order chi connectivity index (χ1) is 17.5. The largest absolute Gasteiger partial charge is 0.434 e. The van der Waals surface area contributed by atoms with Gasteiger partial charge in [-0.05, 0) is 35.7 Å². The summed E-state index contributed by atoms with van der Waals surface area (Å²) in [6.45, 7) is 4.07. The van der Waals surface area contributed by atoms with Crippen molar-refractivity contribution in [3.05, 3.63) is 77.3 Å². The maximum Gasteiger partial charge on any atom is 0.434 e. The Bertz CT molecular complexity index is 1510. The topological polar surface area (TPSA) is 76.8 Å². The van der Waals surface area contributed by atoms with Crippen LogP contribution in [0.4, 0.5) is 23.4 Å². The summed E-state index contributed by atoms with van der Waals surface area (Å²) in [5, 5.41) is 0. The molecule has 1 aliphatic heterocycles. The van der Waals surface area contributed by atoms with Gasteiger partial charge in [0.15, 0.2) is 11.5 Å². The Morgan fingerprint density at radius 1 is 1.08 bits per heavy atom. The van der Waals surface area contributed by atoms with E-state index in [1.807, 2.05) is 19.9 Å². The van der Waals surface area contributed by atoms with E-state index in [9.17, 15) is 18.0 Å². The van der Waals surface area contributed by atoms with E-state index in [0.717, 1.165) is 22.0 Å². The third-order valence-electron chi connectivity index (χ3n) is 6.15. The number of alkyl halides is 3. The van der Waals surface area contributed by atoms with Gasteiger partial charge >= 0.3 is 6.18 Å². The van der Waals surface area contributed by atoms with E-state index in [0.29, 0.717) is 22.8 Å². The van der Waals surface area contributed by atoms with Crippen molar-refractivity contribution in [2.45, 2.75) is 38.9 Å². The number of nitrogens with zero attached hydrogens (tertiary/aromatic N) is 6. The summed E-state index contributed by atoms with van der Waals surface area (Å²) < 4.78 is 55.2. The summed E-state index contributed by atoms with van der Waals surface area (Å²) in [6.07, 6.45) is -0.381. The van der Waals surface area contributed by atoms with E-state index in [2.05, 4.69) is 19.9 Å². The van der Waals surface area contributed by atoms with Gasteiger partial charge in [0.05, 0.1) is 24.2 Å². The first-order valence-electron chi connectivity index (χ1n) is 11.5. The molecule has 3 aromatic heterocycles. The van der Waals surface area contributed by atoms with E-state index in [1.54, 1.807) is 24.5 Å². The van der Waals surface area contributed by atoms with Gasteiger partial charge < -0.3 is 4.57 Å². The summed E-state index contributed by atoms with van der Waals surface area (Å²) >= 11 is 0. The van der Waals surface area contributed by atoms with Crippen LogP contribution in [0.1, 0.15) is 42.3 Å². The Balaban J connectivity index is 1.45. The predicted molar refractivity (Wildman–Crippen MR) is 128 cm³/mol. The molecule has 0 fully saturated rings. The number of rotatable bonds is 5. The first kappa shape index (κ1) is 24.5. The molecule has 0 unspecified atom stereocenters. The second-order valence-electron chi connectivity index (χ2n) is 9.16. The van der Waals surface area contributed by atoms with Crippen LogP contribution in [0.3, 0.4) is 0 Å². The van der Waals surface area contributed by atoms with Crippen LogP contribution in [-0.4, -0.2) is 30.4 Å². The van der Waals surface area contributed by atoms with Gasteiger partial charge in [-0.3, -0.25) is 14.7 Å². The highest BCUT2D eigenvalue weighted by molar-refractivity contribution is 6.00. The fourth-order valence-corrected chi connectivity index (χ4v) is 4.37. The third-order valence-corrected chi connectivity index (χ3v) is 6.15. The van der Waals surface area contributed by atoms with Crippen molar-refractivity contribution >= 4 is 11.7 Å². The summed E-state index contributed by atoms with van der Waals surface area (Å²) in [6, 6.07) is 7.80. The second kappa shape index (κ2) is 9.06. The quantitative estimate of drug-likeness (QED) is 0.340. The number of pyridine rings is 1. The van der Waals surface area contributed by atoms with Gasteiger partial charge in [-0.15, -0.1) is 0 Å². The lowest BCUT2D eigenvalue weighted by Gasteiger charge is -2.18. The fourth-order valence-electron chi connectivity index (χ4n) is 4.37. The van der Waals surface area contributed by atoms with Crippen LogP contribution in [0, 0.1) is 5.82 Å². The number of amides is 1. The molecule has 5 rings (SSSR count). The molecular weight excluding hydrogens is 488 g/mol. The van der Waals surface area contributed by atoms with Gasteiger partial charge in [0.25, 0.3) is 0 Å². The van der Waals surface area contributed by atoms with Gasteiger partial charge in [0.1, 0.15) is 17.5 Å². The SMILES string of the molecule is CC(C)c1ncccc1-c1ncc2c(n1)N(Cc1ccc(-c3nc(C(F)(F)F)cn3C)c(F)c1)C(=O)C2. The molecule has 0 N–H and O–H groups in total. The smallest absolute Gasteiger partial charge is 0.333 e. The van der Waals surface area contributed by atoms with Crippen molar-refractivity contribution in [3.8, 4) is 22.8 Å². The van der Waals surface area contributed by atoms with Gasteiger partial charge in [-0.2, -0.15) is 13.2 Å². The highest BCUT2D eigenvalue weighted by atomic mass is 19.4. The molecule has 0 saturated carbocycles. The van der Waals surface area contributed by atoms with Gasteiger partial charge in [0.2, 0.25) is 5.91 Å². The number of carbonyl (C=O) groups is 1. The second-order valence-corrected chi connectivity index (χ2v) is 9.16. The molecule has 0 atom stereocenters. The molecule has 0 saturated heterocycles. The lowest BCUT2D eigenvalue weighted by Crippen LogP contribution is -2.26. The average molecular weight is 510 g/mol. The molecule has 1 aliphatic rings. The average Bonchev–Trinajstić information content (AvgIpc) is 3.38. The lowest BCUT2D eigenvalue weighted by atomic mass is 10.0. The normalized spacial score (nSPS) is 13.5. The molecule has 0 bridgehead atoms. The maximum absolute atomic E-state index is 15.0. The van der Waals surface area contributed by atoms with Crippen molar-refractivity contribution in [1.29, 1.82) is 0 Å². The zero-order valence-electron chi connectivity index (χ0n) is 20.2. The third kappa shape index (κ3) is 4.56. The lowest BCUT2D eigenvalue weighted by molar-refractivity contribution is -0.140. The summed E-state index contributed by atoms with van der Waals surface area (Å²) in [5.41, 5.74) is 1.54. The zero-order chi connectivity index (χ0) is 26.5. The molecule has 4 heterocycles. The Hall–Kier alpha value is -4.15. The van der Waals surface area contributed by atoms with Crippen LogP contribution in [-0.2, 0) is 31.0 Å². The highest BCUT2D eigenvalue weighted by Crippen LogP contribution is 2.34. The molecule has 0 spiro atoms. The number of hydrogen-bond acceptors (Lipinski definition) is 5. The Kier molecular flexibility index (Phi) is 6.01. The van der Waals surface area contributed by atoms with Crippen LogP contribution < -0.4 is 4.90 Å². The number of benzene rings is 1. The van der Waals surface area contributed by atoms with Crippen LogP contribution >= 0.6 is 0 Å². The van der Waals surface area contributed by atoms with Crippen molar-refractivity contribution in [3.63, 3.8) is 0 Å². The number of aryl methyl sites for hydroxylation is 1. The van der Waals surface area contributed by atoms with E-state index in [4.69, 9.17) is 0 Å². The summed E-state index contributed by atoms with van der Waals surface area (Å²) in [4.78, 5) is 31.4. The van der Waals surface area contributed by atoms with Crippen LogP contribution in [0.5, 0.6) is 0 Å². The van der Waals surface area contributed by atoms with E-state index < -0.39 is 17.7 Å². The number of hydrogen-bond donors (Lipinski definition) is 0. The minimum atomic E-state index is -4.64. The standard InChI is InChI=1S/C26H22F4N6O/c1-14(2)22-18(5-4-8-31-22)23-32-11-16-10-21(37)36(24(16)34-23)12-15-6-7-17(19(27)9-15)25-33-20(13-35(25)3)26(28,29)30/h4-9,11,13-14H,10,12H2,1-3H3. The van der Waals surface area contributed by atoms with Crippen molar-refractivity contribution in [1.82, 2.24) is 24.5 Å². The minimum absolute atomic E-state index is 0.0396. The van der Waals surface area contributed by atoms with Crippen molar-refractivity contribution < 1.29 is 22.4 Å². The number of halogens is 4. The van der Waals surface area contributed by atoms with Crippen LogP contribution in [0.25, 0.3) is 22.8 Å². The van der Waals surface area contributed by atoms with Crippen LogP contribution in [0.2, 0.25) is 0 Å². The molecule has 4 aromatic rings. The fraction of sp³-hybridized carbons (Fsp3) is 0.269. The zero-order valence-corrected chi connectivity index (χ0v) is 20.2. The molecule has 0 aliphatic carbocycles. The van der Waals surface area contributed by atoms with Crippen LogP contribution in [0.15, 0.2) is 48.9 Å². The highest BCUT2D eigenvalue weighted by Gasteiger charge is 2.35. The number of anilines is 1. The molecule has 0 radical (unpaired) electrons. The molecule has 1 amide bonds. The Morgan fingerprint density at radius 3 is 2.54 bits per heavy atom. The number of imidazole rings is 1. The summed E-state index contributed by atoms with van der Waals surface area (Å²) in [7, 11) is 1.37. The van der Waals surface area contributed by atoms with E-state index in [-0.39, 0.29) is 36.2 Å². The van der Waals surface area contributed by atoms with Crippen molar-refractivity contribution in [2.75, 3.05) is 4.90 Å². The molecule has 11 heteroatoms. The minimum Gasteiger partial charge on any atom is -0.333 e. The first-order valence-corrected chi connectivity index (χ1v) is 11.5. The molecule has 37 heavy (non-hydrogen) atoms. The number of aromatic nitrogens is 5. The Morgan fingerprint density at radius 2 is 1.86 bits per heavy atom.